The Morgan fingerprint density at radius 3 is 2.74 bits per heavy atom. The van der Waals surface area contributed by atoms with Gasteiger partial charge in [-0.25, -0.2) is 0 Å². The summed E-state index contributed by atoms with van der Waals surface area (Å²) in [6, 6.07) is 4.19. The minimum absolute atomic E-state index is 0.884. The van der Waals surface area contributed by atoms with E-state index in [0.717, 1.165) is 19.0 Å². The fourth-order valence-corrected chi connectivity index (χ4v) is 3.12. The first kappa shape index (κ1) is 12.7. The van der Waals surface area contributed by atoms with Gasteiger partial charge in [-0.05, 0) is 37.3 Å². The maximum absolute atomic E-state index is 4.21. The van der Waals surface area contributed by atoms with Gasteiger partial charge < -0.3 is 4.90 Å². The normalized spacial score (nSPS) is 24.6. The first-order chi connectivity index (χ1) is 9.42. The number of hydrogen-bond donors (Lipinski definition) is 0. The Morgan fingerprint density at radius 2 is 2.05 bits per heavy atom. The Bertz CT molecular complexity index is 407. The molecule has 1 aliphatic carbocycles. The molecule has 1 atom stereocenters. The molecule has 1 fully saturated rings. The third kappa shape index (κ3) is 3.35. The smallest absolute Gasteiger partial charge is 0.0553 e. The van der Waals surface area contributed by atoms with E-state index in [0.29, 0.717) is 0 Å². The van der Waals surface area contributed by atoms with E-state index in [1.54, 1.807) is 0 Å². The van der Waals surface area contributed by atoms with Crippen LogP contribution in [0.4, 0.5) is 5.69 Å². The Morgan fingerprint density at radius 1 is 1.16 bits per heavy atom. The minimum atomic E-state index is 0.884. The van der Waals surface area contributed by atoms with E-state index in [9.17, 15) is 0 Å². The van der Waals surface area contributed by atoms with Crippen LogP contribution in [-0.2, 0) is 0 Å². The van der Waals surface area contributed by atoms with Crippen LogP contribution in [0.3, 0.4) is 0 Å². The lowest BCUT2D eigenvalue weighted by atomic mass is 9.94. The van der Waals surface area contributed by atoms with Crippen molar-refractivity contribution in [1.29, 1.82) is 0 Å². The molecular weight excluding hydrogens is 234 g/mol. The molecule has 1 aliphatic heterocycles. The highest BCUT2D eigenvalue weighted by atomic mass is 15.3. The quantitative estimate of drug-likeness (QED) is 0.776. The van der Waals surface area contributed by atoms with E-state index in [1.807, 2.05) is 18.5 Å². The van der Waals surface area contributed by atoms with Crippen molar-refractivity contribution in [2.75, 3.05) is 37.6 Å². The molecule has 1 aromatic heterocycles. The molecule has 3 heteroatoms. The average molecular weight is 257 g/mol. The van der Waals surface area contributed by atoms with Gasteiger partial charge in [0.2, 0.25) is 0 Å². The predicted molar refractivity (Wildman–Crippen MR) is 79.4 cm³/mol. The molecule has 0 saturated carbocycles. The Hall–Kier alpha value is -1.35. The summed E-state index contributed by atoms with van der Waals surface area (Å²) < 4.78 is 0. The molecule has 3 rings (SSSR count). The standard InChI is InChI=1S/C16H23N3/c1-2-5-15(6-3-1)14-18-9-11-19(12-10-18)16-7-4-8-17-13-16/h1-2,4,7-8,13,15H,3,5-6,9-12,14H2/t15-/m1/s1. The van der Waals surface area contributed by atoms with E-state index < -0.39 is 0 Å². The summed E-state index contributed by atoms with van der Waals surface area (Å²) in [6.07, 6.45) is 12.4. The van der Waals surface area contributed by atoms with E-state index in [4.69, 9.17) is 0 Å². The highest BCUT2D eigenvalue weighted by Crippen LogP contribution is 2.21. The third-order valence-electron chi connectivity index (χ3n) is 4.28. The summed E-state index contributed by atoms with van der Waals surface area (Å²) in [5.74, 6) is 0.884. The Kier molecular flexibility index (Phi) is 4.13. The molecule has 0 radical (unpaired) electrons. The van der Waals surface area contributed by atoms with Crippen molar-refractivity contribution in [1.82, 2.24) is 9.88 Å². The summed E-state index contributed by atoms with van der Waals surface area (Å²) in [6.45, 7) is 5.93. The van der Waals surface area contributed by atoms with Crippen LogP contribution >= 0.6 is 0 Å². The largest absolute Gasteiger partial charge is 0.368 e. The first-order valence-corrected chi connectivity index (χ1v) is 7.44. The number of nitrogens with zero attached hydrogens (tertiary/aromatic N) is 3. The lowest BCUT2D eigenvalue weighted by Gasteiger charge is -2.37. The number of anilines is 1. The van der Waals surface area contributed by atoms with Crippen LogP contribution in [0.15, 0.2) is 36.7 Å². The number of aromatic nitrogens is 1. The first-order valence-electron chi connectivity index (χ1n) is 7.44. The number of pyridine rings is 1. The van der Waals surface area contributed by atoms with Crippen LogP contribution in [0.5, 0.6) is 0 Å². The summed E-state index contributed by atoms with van der Waals surface area (Å²) in [5.41, 5.74) is 1.27. The van der Waals surface area contributed by atoms with Crippen molar-refractivity contribution >= 4 is 5.69 Å². The van der Waals surface area contributed by atoms with Gasteiger partial charge in [0.05, 0.1) is 11.9 Å². The van der Waals surface area contributed by atoms with E-state index in [-0.39, 0.29) is 0 Å². The van der Waals surface area contributed by atoms with Crippen molar-refractivity contribution in [3.8, 4) is 0 Å². The highest BCUT2D eigenvalue weighted by molar-refractivity contribution is 5.43. The van der Waals surface area contributed by atoms with Crippen LogP contribution in [0.25, 0.3) is 0 Å². The summed E-state index contributed by atoms with van der Waals surface area (Å²) in [4.78, 5) is 9.29. The molecule has 2 heterocycles. The van der Waals surface area contributed by atoms with Gasteiger partial charge in [-0.15, -0.1) is 0 Å². The topological polar surface area (TPSA) is 19.4 Å². The molecule has 0 aromatic carbocycles. The Labute approximate surface area is 115 Å². The van der Waals surface area contributed by atoms with Gasteiger partial charge in [0.25, 0.3) is 0 Å². The molecule has 0 N–H and O–H groups in total. The zero-order valence-corrected chi connectivity index (χ0v) is 11.5. The monoisotopic (exact) mass is 257 g/mol. The number of piperazine rings is 1. The molecule has 1 aromatic rings. The second kappa shape index (κ2) is 6.20. The van der Waals surface area contributed by atoms with Crippen LogP contribution < -0.4 is 4.90 Å². The number of rotatable bonds is 3. The summed E-state index contributed by atoms with van der Waals surface area (Å²) >= 11 is 0. The lowest BCUT2D eigenvalue weighted by Crippen LogP contribution is -2.47. The van der Waals surface area contributed by atoms with Crippen LogP contribution in [0, 0.1) is 5.92 Å². The zero-order chi connectivity index (χ0) is 12.9. The van der Waals surface area contributed by atoms with Gasteiger partial charge in [-0.2, -0.15) is 0 Å². The van der Waals surface area contributed by atoms with Crippen LogP contribution in [-0.4, -0.2) is 42.6 Å². The minimum Gasteiger partial charge on any atom is -0.368 e. The zero-order valence-electron chi connectivity index (χ0n) is 11.5. The van der Waals surface area contributed by atoms with Crippen molar-refractivity contribution in [3.63, 3.8) is 0 Å². The van der Waals surface area contributed by atoms with E-state index >= 15 is 0 Å². The second-order valence-electron chi connectivity index (χ2n) is 5.65. The molecular formula is C16H23N3. The fourth-order valence-electron chi connectivity index (χ4n) is 3.12. The van der Waals surface area contributed by atoms with Gasteiger partial charge in [0.1, 0.15) is 0 Å². The van der Waals surface area contributed by atoms with Crippen molar-refractivity contribution in [2.45, 2.75) is 19.3 Å². The molecule has 2 aliphatic rings. The van der Waals surface area contributed by atoms with Gasteiger partial charge >= 0.3 is 0 Å². The SMILES string of the molecule is C1=CC[C@@H](CN2CCN(c3cccnc3)CC2)CC1. The van der Waals surface area contributed by atoms with Crippen LogP contribution in [0.2, 0.25) is 0 Å². The molecule has 1 saturated heterocycles. The fraction of sp³-hybridized carbons (Fsp3) is 0.562. The van der Waals surface area contributed by atoms with Gasteiger partial charge in [-0.1, -0.05) is 12.2 Å². The van der Waals surface area contributed by atoms with Gasteiger partial charge in [0.15, 0.2) is 0 Å². The maximum Gasteiger partial charge on any atom is 0.0553 e. The van der Waals surface area contributed by atoms with E-state index in [2.05, 4.69) is 33.0 Å². The summed E-state index contributed by atoms with van der Waals surface area (Å²) in [7, 11) is 0. The number of allylic oxidation sites excluding steroid dienone is 2. The van der Waals surface area contributed by atoms with Crippen molar-refractivity contribution < 1.29 is 0 Å². The second-order valence-corrected chi connectivity index (χ2v) is 5.65. The molecule has 19 heavy (non-hydrogen) atoms. The van der Waals surface area contributed by atoms with Crippen LogP contribution in [0.1, 0.15) is 19.3 Å². The lowest BCUT2D eigenvalue weighted by molar-refractivity contribution is 0.211. The third-order valence-corrected chi connectivity index (χ3v) is 4.28. The maximum atomic E-state index is 4.21. The van der Waals surface area contributed by atoms with Gasteiger partial charge in [0, 0.05) is 38.9 Å². The number of hydrogen-bond acceptors (Lipinski definition) is 3. The molecule has 102 valence electrons. The van der Waals surface area contributed by atoms with Crippen molar-refractivity contribution in [2.24, 2.45) is 5.92 Å². The molecule has 0 unspecified atom stereocenters. The Balaban J connectivity index is 1.48. The molecule has 0 bridgehead atoms. The van der Waals surface area contributed by atoms with Crippen molar-refractivity contribution in [3.05, 3.63) is 36.7 Å². The molecule has 3 nitrogen and oxygen atoms in total. The summed E-state index contributed by atoms with van der Waals surface area (Å²) in [5, 5.41) is 0. The van der Waals surface area contributed by atoms with Gasteiger partial charge in [-0.3, -0.25) is 9.88 Å². The highest BCUT2D eigenvalue weighted by Gasteiger charge is 2.20. The molecule has 0 spiro atoms. The molecule has 0 amide bonds. The van der Waals surface area contributed by atoms with E-state index in [1.165, 1.54) is 44.6 Å². The average Bonchev–Trinajstić information content (AvgIpc) is 2.50. The predicted octanol–water partition coefficient (Wildman–Crippen LogP) is 2.56.